The number of para-hydroxylation sites is 1. The standard InChI is InChI=1S/C23H23N3O3/c1-25-21(28)23(20(27)24-22(25)29)14-17-9-5-6-10-18(17)26-12-11-16(13-19(23)26)15-7-3-2-4-8-15/h2-10,16,19H,11-14H2,1H3,(H,24,27,29)/t16-,19-,23+/m0/s1. The molecule has 0 unspecified atom stereocenters. The van der Waals surface area contributed by atoms with Gasteiger partial charge in [-0.1, -0.05) is 48.5 Å². The fraction of sp³-hybridized carbons (Fsp3) is 0.348. The Morgan fingerprint density at radius 3 is 2.52 bits per heavy atom. The summed E-state index contributed by atoms with van der Waals surface area (Å²) < 4.78 is 0. The van der Waals surface area contributed by atoms with E-state index in [1.165, 1.54) is 12.6 Å². The second-order valence-electron chi connectivity index (χ2n) is 8.24. The average Bonchev–Trinajstić information content (AvgIpc) is 2.76. The Hall–Kier alpha value is -3.15. The maximum Gasteiger partial charge on any atom is 0.330 e. The number of nitrogens with zero attached hydrogens (tertiary/aromatic N) is 2. The van der Waals surface area contributed by atoms with Crippen LogP contribution < -0.4 is 10.2 Å². The summed E-state index contributed by atoms with van der Waals surface area (Å²) in [6.45, 7) is 0.765. The SMILES string of the molecule is CN1C(=O)NC(=O)[C@]2(Cc3ccccc3N3CC[C@H](c4ccccc4)C[C@H]32)C1=O. The van der Waals surface area contributed by atoms with Crippen LogP contribution in [0.1, 0.15) is 29.9 Å². The van der Waals surface area contributed by atoms with Gasteiger partial charge in [0, 0.05) is 19.3 Å². The lowest BCUT2D eigenvalue weighted by Gasteiger charge is -2.54. The molecule has 2 fully saturated rings. The second kappa shape index (κ2) is 6.44. The highest BCUT2D eigenvalue weighted by Crippen LogP contribution is 2.49. The van der Waals surface area contributed by atoms with E-state index in [1.54, 1.807) is 0 Å². The Morgan fingerprint density at radius 2 is 1.72 bits per heavy atom. The third kappa shape index (κ3) is 2.51. The second-order valence-corrected chi connectivity index (χ2v) is 8.24. The van der Waals surface area contributed by atoms with Gasteiger partial charge in [0.1, 0.15) is 0 Å². The van der Waals surface area contributed by atoms with Gasteiger partial charge in [-0.25, -0.2) is 4.79 Å². The molecule has 3 atom stereocenters. The van der Waals surface area contributed by atoms with Crippen molar-refractivity contribution >= 4 is 23.5 Å². The number of barbiturate groups is 1. The fourth-order valence-corrected chi connectivity index (χ4v) is 5.34. The van der Waals surface area contributed by atoms with Crippen LogP contribution in [0.2, 0.25) is 0 Å². The number of fused-ring (bicyclic) bond motifs is 4. The molecule has 0 aromatic heterocycles. The van der Waals surface area contributed by atoms with E-state index in [-0.39, 0.29) is 12.0 Å². The Bertz CT molecular complexity index is 1010. The quantitative estimate of drug-likeness (QED) is 0.762. The molecule has 0 bridgehead atoms. The van der Waals surface area contributed by atoms with E-state index in [0.717, 1.165) is 29.1 Å². The molecule has 4 amide bonds. The molecule has 2 aromatic rings. The number of rotatable bonds is 1. The Balaban J connectivity index is 1.63. The number of nitrogens with one attached hydrogen (secondary N) is 1. The molecule has 1 N–H and O–H groups in total. The molecule has 29 heavy (non-hydrogen) atoms. The van der Waals surface area contributed by atoms with Crippen LogP contribution in [0, 0.1) is 5.41 Å². The number of carbonyl (C=O) groups is 3. The van der Waals surface area contributed by atoms with E-state index in [2.05, 4.69) is 28.4 Å². The lowest BCUT2D eigenvalue weighted by molar-refractivity contribution is -0.153. The third-order valence-corrected chi connectivity index (χ3v) is 6.83. The van der Waals surface area contributed by atoms with Gasteiger partial charge in [0.15, 0.2) is 5.41 Å². The van der Waals surface area contributed by atoms with Crippen LogP contribution in [-0.4, -0.2) is 42.4 Å². The summed E-state index contributed by atoms with van der Waals surface area (Å²) in [5.41, 5.74) is 2.02. The van der Waals surface area contributed by atoms with Crippen molar-refractivity contribution in [1.82, 2.24) is 10.2 Å². The molecule has 0 aliphatic carbocycles. The first-order valence-electron chi connectivity index (χ1n) is 10.1. The van der Waals surface area contributed by atoms with Crippen molar-refractivity contribution in [2.45, 2.75) is 31.2 Å². The van der Waals surface area contributed by atoms with Crippen LogP contribution in [0.5, 0.6) is 0 Å². The van der Waals surface area contributed by atoms with Crippen LogP contribution in [0.25, 0.3) is 0 Å². The lowest BCUT2D eigenvalue weighted by atomic mass is 9.64. The average molecular weight is 389 g/mol. The normalized spacial score (nSPS) is 28.8. The van der Waals surface area contributed by atoms with Gasteiger partial charge in [-0.05, 0) is 42.4 Å². The molecule has 6 heteroatoms. The van der Waals surface area contributed by atoms with Gasteiger partial charge in [0.05, 0.1) is 6.04 Å². The number of hydrogen-bond acceptors (Lipinski definition) is 4. The molecule has 5 rings (SSSR count). The minimum Gasteiger partial charge on any atom is -0.367 e. The van der Waals surface area contributed by atoms with Crippen LogP contribution in [0.4, 0.5) is 10.5 Å². The maximum absolute atomic E-state index is 13.4. The predicted molar refractivity (Wildman–Crippen MR) is 108 cm³/mol. The molecular weight excluding hydrogens is 366 g/mol. The van der Waals surface area contributed by atoms with Crippen molar-refractivity contribution in [1.29, 1.82) is 0 Å². The monoisotopic (exact) mass is 389 g/mol. The van der Waals surface area contributed by atoms with Crippen molar-refractivity contribution in [3.63, 3.8) is 0 Å². The molecular formula is C23H23N3O3. The molecule has 0 saturated carbocycles. The zero-order valence-corrected chi connectivity index (χ0v) is 16.3. The van der Waals surface area contributed by atoms with Gasteiger partial charge in [-0.15, -0.1) is 0 Å². The summed E-state index contributed by atoms with van der Waals surface area (Å²) in [7, 11) is 1.45. The first kappa shape index (κ1) is 17.9. The van der Waals surface area contributed by atoms with Gasteiger partial charge in [-0.3, -0.25) is 19.8 Å². The topological polar surface area (TPSA) is 69.7 Å². The lowest BCUT2D eigenvalue weighted by Crippen LogP contribution is -2.72. The van der Waals surface area contributed by atoms with Crippen molar-refractivity contribution in [3.05, 3.63) is 65.7 Å². The van der Waals surface area contributed by atoms with E-state index in [4.69, 9.17) is 0 Å². The largest absolute Gasteiger partial charge is 0.367 e. The minimum atomic E-state index is -1.29. The van der Waals surface area contributed by atoms with Crippen molar-refractivity contribution in [3.8, 4) is 0 Å². The smallest absolute Gasteiger partial charge is 0.330 e. The third-order valence-electron chi connectivity index (χ3n) is 6.83. The highest BCUT2D eigenvalue weighted by Gasteiger charge is 2.62. The summed E-state index contributed by atoms with van der Waals surface area (Å²) in [6, 6.07) is 17.3. The first-order chi connectivity index (χ1) is 14.0. The Morgan fingerprint density at radius 1 is 1.00 bits per heavy atom. The predicted octanol–water partition coefficient (Wildman–Crippen LogP) is 2.69. The molecule has 6 nitrogen and oxygen atoms in total. The fourth-order valence-electron chi connectivity index (χ4n) is 5.34. The van der Waals surface area contributed by atoms with E-state index in [1.807, 2.05) is 36.4 Å². The van der Waals surface area contributed by atoms with Gasteiger partial charge in [0.2, 0.25) is 11.8 Å². The zero-order chi connectivity index (χ0) is 20.2. The number of amides is 4. The Kier molecular flexibility index (Phi) is 3.98. The van der Waals surface area contributed by atoms with Crippen LogP contribution in [0.15, 0.2) is 54.6 Å². The van der Waals surface area contributed by atoms with Crippen molar-refractivity contribution < 1.29 is 14.4 Å². The zero-order valence-electron chi connectivity index (χ0n) is 16.3. The molecule has 3 heterocycles. The Labute approximate surface area is 169 Å². The molecule has 148 valence electrons. The summed E-state index contributed by atoms with van der Waals surface area (Å²) in [4.78, 5) is 42.1. The summed E-state index contributed by atoms with van der Waals surface area (Å²) >= 11 is 0. The number of urea groups is 1. The van der Waals surface area contributed by atoms with Crippen LogP contribution in [0.3, 0.4) is 0 Å². The first-order valence-corrected chi connectivity index (χ1v) is 10.1. The molecule has 0 radical (unpaired) electrons. The highest BCUT2D eigenvalue weighted by molar-refractivity contribution is 6.20. The van der Waals surface area contributed by atoms with E-state index < -0.39 is 23.3 Å². The van der Waals surface area contributed by atoms with Crippen LogP contribution >= 0.6 is 0 Å². The number of imide groups is 2. The van der Waals surface area contributed by atoms with Gasteiger partial charge in [-0.2, -0.15) is 0 Å². The van der Waals surface area contributed by atoms with Gasteiger partial charge >= 0.3 is 6.03 Å². The molecule has 2 saturated heterocycles. The molecule has 1 spiro atoms. The summed E-state index contributed by atoms with van der Waals surface area (Å²) in [5.74, 6) is -0.601. The van der Waals surface area contributed by atoms with Gasteiger partial charge < -0.3 is 4.90 Å². The van der Waals surface area contributed by atoms with E-state index >= 15 is 0 Å². The van der Waals surface area contributed by atoms with Crippen molar-refractivity contribution in [2.24, 2.45) is 5.41 Å². The number of hydrogen-bond donors (Lipinski definition) is 1. The summed E-state index contributed by atoms with van der Waals surface area (Å²) in [5, 5.41) is 2.44. The van der Waals surface area contributed by atoms with Crippen molar-refractivity contribution in [2.75, 3.05) is 18.5 Å². The van der Waals surface area contributed by atoms with Gasteiger partial charge in [0.25, 0.3) is 0 Å². The highest BCUT2D eigenvalue weighted by atomic mass is 16.2. The number of anilines is 1. The minimum absolute atomic E-state index is 0.267. The van der Waals surface area contributed by atoms with E-state index in [0.29, 0.717) is 12.8 Å². The number of benzene rings is 2. The number of piperidine rings is 1. The molecule has 2 aromatic carbocycles. The summed E-state index contributed by atoms with van der Waals surface area (Å²) in [6.07, 6.45) is 1.96. The van der Waals surface area contributed by atoms with Crippen LogP contribution in [-0.2, 0) is 16.0 Å². The molecule has 3 aliphatic rings. The number of carbonyl (C=O) groups excluding carboxylic acids is 3. The van der Waals surface area contributed by atoms with E-state index in [9.17, 15) is 14.4 Å². The maximum atomic E-state index is 13.4. The molecule has 3 aliphatic heterocycles.